The lowest BCUT2D eigenvalue weighted by Crippen LogP contribution is -2.39. The average molecular weight is 357 g/mol. The molecule has 0 aliphatic rings. The van der Waals surface area contributed by atoms with E-state index in [-0.39, 0.29) is 6.04 Å². The third-order valence-corrected chi connectivity index (χ3v) is 4.55. The molecule has 1 unspecified atom stereocenters. The largest absolute Gasteiger partial charge is 0.361 e. The molecule has 0 saturated heterocycles. The summed E-state index contributed by atoms with van der Waals surface area (Å²) in [4.78, 5) is 4.33. The Morgan fingerprint density at radius 3 is 2.38 bits per heavy atom. The van der Waals surface area contributed by atoms with Gasteiger partial charge in [0.15, 0.2) is 5.96 Å². The molecule has 1 atom stereocenters. The van der Waals surface area contributed by atoms with Crippen LogP contribution in [0.15, 0.2) is 33.8 Å². The molecule has 0 spiro atoms. The van der Waals surface area contributed by atoms with Crippen LogP contribution in [-0.2, 0) is 12.8 Å². The summed E-state index contributed by atoms with van der Waals surface area (Å²) < 4.78 is 5.21. The van der Waals surface area contributed by atoms with Crippen LogP contribution in [-0.4, -0.2) is 24.7 Å². The van der Waals surface area contributed by atoms with Crippen molar-refractivity contribution in [3.63, 3.8) is 0 Å². The monoisotopic (exact) mass is 356 g/mol. The first-order valence-electron chi connectivity index (χ1n) is 9.38. The summed E-state index contributed by atoms with van der Waals surface area (Å²) in [5, 5.41) is 10.8. The fourth-order valence-electron chi connectivity index (χ4n) is 3.06. The molecular formula is C21H32N4O. The predicted molar refractivity (Wildman–Crippen MR) is 108 cm³/mol. The second kappa shape index (κ2) is 9.41. The van der Waals surface area contributed by atoms with Crippen LogP contribution in [0.5, 0.6) is 0 Å². The summed E-state index contributed by atoms with van der Waals surface area (Å²) in [6.07, 6.45) is 1.98. The van der Waals surface area contributed by atoms with Crippen LogP contribution >= 0.6 is 0 Å². The minimum absolute atomic E-state index is 0.188. The van der Waals surface area contributed by atoms with Crippen molar-refractivity contribution in [2.24, 2.45) is 10.9 Å². The zero-order chi connectivity index (χ0) is 19.1. The van der Waals surface area contributed by atoms with E-state index < -0.39 is 0 Å². The number of hydrogen-bond donors (Lipinski definition) is 2. The fraction of sp³-hybridized carbons (Fsp3) is 0.524. The Labute approximate surface area is 157 Å². The molecule has 142 valence electrons. The number of aromatic nitrogens is 1. The smallest absolute Gasteiger partial charge is 0.191 e. The SMILES string of the molecule is CN=C(NCCc1c(C)noc1C)NC(C)c1ccc(CC(C)C)cc1. The molecule has 0 bridgehead atoms. The van der Waals surface area contributed by atoms with E-state index in [9.17, 15) is 0 Å². The Hall–Kier alpha value is -2.30. The number of aliphatic imine (C=N–C) groups is 1. The number of benzene rings is 1. The van der Waals surface area contributed by atoms with Gasteiger partial charge >= 0.3 is 0 Å². The van der Waals surface area contributed by atoms with Gasteiger partial charge in [-0.2, -0.15) is 0 Å². The van der Waals surface area contributed by atoms with E-state index in [1.807, 2.05) is 13.8 Å². The summed E-state index contributed by atoms with van der Waals surface area (Å²) in [7, 11) is 1.80. The minimum atomic E-state index is 0.188. The van der Waals surface area contributed by atoms with Gasteiger partial charge < -0.3 is 15.2 Å². The Balaban J connectivity index is 1.86. The molecule has 1 heterocycles. The first-order chi connectivity index (χ1) is 12.4. The second-order valence-corrected chi connectivity index (χ2v) is 7.26. The maximum atomic E-state index is 5.21. The van der Waals surface area contributed by atoms with E-state index in [1.165, 1.54) is 16.7 Å². The first kappa shape index (κ1) is 20.0. The zero-order valence-corrected chi connectivity index (χ0v) is 16.9. The van der Waals surface area contributed by atoms with Crippen molar-refractivity contribution in [2.75, 3.05) is 13.6 Å². The van der Waals surface area contributed by atoms with E-state index in [1.54, 1.807) is 7.05 Å². The van der Waals surface area contributed by atoms with Crippen LogP contribution in [0.2, 0.25) is 0 Å². The molecular weight excluding hydrogens is 324 g/mol. The van der Waals surface area contributed by atoms with Crippen molar-refractivity contribution in [1.29, 1.82) is 0 Å². The van der Waals surface area contributed by atoms with Gasteiger partial charge in [-0.15, -0.1) is 0 Å². The first-order valence-corrected chi connectivity index (χ1v) is 9.38. The number of nitrogens with zero attached hydrogens (tertiary/aromatic N) is 2. The molecule has 0 fully saturated rings. The van der Waals surface area contributed by atoms with Gasteiger partial charge in [0.05, 0.1) is 11.7 Å². The van der Waals surface area contributed by atoms with Crippen LogP contribution in [0.1, 0.15) is 55.0 Å². The number of guanidine groups is 1. The minimum Gasteiger partial charge on any atom is -0.361 e. The van der Waals surface area contributed by atoms with Crippen molar-refractivity contribution < 1.29 is 4.52 Å². The maximum Gasteiger partial charge on any atom is 0.191 e. The number of hydrogen-bond acceptors (Lipinski definition) is 3. The standard InChI is InChI=1S/C21H32N4O/c1-14(2)13-18-7-9-19(10-8-18)15(3)24-21(22-6)23-12-11-20-16(4)25-26-17(20)5/h7-10,14-15H,11-13H2,1-6H3,(H2,22,23,24). The number of aryl methyl sites for hydroxylation is 2. The van der Waals surface area contributed by atoms with Gasteiger partial charge in [-0.3, -0.25) is 4.99 Å². The lowest BCUT2D eigenvalue weighted by atomic mass is 10.00. The summed E-state index contributed by atoms with van der Waals surface area (Å²) in [6, 6.07) is 9.04. The summed E-state index contributed by atoms with van der Waals surface area (Å²) in [5.41, 5.74) is 4.77. The van der Waals surface area contributed by atoms with Gasteiger partial charge in [-0.1, -0.05) is 43.3 Å². The van der Waals surface area contributed by atoms with Crippen molar-refractivity contribution in [2.45, 2.75) is 53.5 Å². The molecule has 2 rings (SSSR count). The van der Waals surface area contributed by atoms with Crippen molar-refractivity contribution in [3.8, 4) is 0 Å². The highest BCUT2D eigenvalue weighted by molar-refractivity contribution is 5.80. The normalized spacial score (nSPS) is 13.1. The van der Waals surface area contributed by atoms with E-state index >= 15 is 0 Å². The predicted octanol–water partition coefficient (Wildman–Crippen LogP) is 3.96. The highest BCUT2D eigenvalue weighted by Gasteiger charge is 2.11. The molecule has 26 heavy (non-hydrogen) atoms. The molecule has 2 N–H and O–H groups in total. The molecule has 1 aromatic heterocycles. The van der Waals surface area contributed by atoms with Crippen molar-refractivity contribution in [3.05, 3.63) is 52.4 Å². The van der Waals surface area contributed by atoms with Crippen molar-refractivity contribution >= 4 is 5.96 Å². The number of rotatable bonds is 7. The van der Waals surface area contributed by atoms with Gasteiger partial charge in [-0.25, -0.2) is 0 Å². The summed E-state index contributed by atoms with van der Waals surface area (Å²) in [5.74, 6) is 2.37. The van der Waals surface area contributed by atoms with Crippen molar-refractivity contribution in [1.82, 2.24) is 15.8 Å². The van der Waals surface area contributed by atoms with Crippen LogP contribution in [0, 0.1) is 19.8 Å². The van der Waals surface area contributed by atoms with Gasteiger partial charge in [-0.05, 0) is 50.7 Å². The van der Waals surface area contributed by atoms with E-state index in [0.717, 1.165) is 36.8 Å². The van der Waals surface area contributed by atoms with Gasteiger partial charge in [0.1, 0.15) is 5.76 Å². The average Bonchev–Trinajstić information content (AvgIpc) is 2.92. The van der Waals surface area contributed by atoms with Gasteiger partial charge in [0.25, 0.3) is 0 Å². The van der Waals surface area contributed by atoms with Crippen LogP contribution in [0.3, 0.4) is 0 Å². The highest BCUT2D eigenvalue weighted by Crippen LogP contribution is 2.16. The maximum absolute atomic E-state index is 5.21. The lowest BCUT2D eigenvalue weighted by molar-refractivity contribution is 0.392. The number of nitrogens with one attached hydrogen (secondary N) is 2. The molecule has 0 amide bonds. The van der Waals surface area contributed by atoms with E-state index in [4.69, 9.17) is 4.52 Å². The van der Waals surface area contributed by atoms with Crippen LogP contribution in [0.25, 0.3) is 0 Å². The molecule has 1 aromatic carbocycles. The fourth-order valence-corrected chi connectivity index (χ4v) is 3.06. The summed E-state index contributed by atoms with van der Waals surface area (Å²) in [6.45, 7) is 11.4. The Kier molecular flexibility index (Phi) is 7.25. The molecule has 5 heteroatoms. The highest BCUT2D eigenvalue weighted by atomic mass is 16.5. The van der Waals surface area contributed by atoms with Gasteiger partial charge in [0.2, 0.25) is 0 Å². The lowest BCUT2D eigenvalue weighted by Gasteiger charge is -2.19. The Morgan fingerprint density at radius 2 is 1.85 bits per heavy atom. The Morgan fingerprint density at radius 1 is 1.15 bits per heavy atom. The molecule has 5 nitrogen and oxygen atoms in total. The molecule has 0 aliphatic heterocycles. The zero-order valence-electron chi connectivity index (χ0n) is 16.9. The topological polar surface area (TPSA) is 62.5 Å². The van der Waals surface area contributed by atoms with Crippen LogP contribution < -0.4 is 10.6 Å². The van der Waals surface area contributed by atoms with Crippen LogP contribution in [0.4, 0.5) is 0 Å². The van der Waals surface area contributed by atoms with E-state index in [2.05, 4.69) is 65.8 Å². The quantitative estimate of drug-likeness (QED) is 0.582. The third-order valence-electron chi connectivity index (χ3n) is 4.55. The molecule has 0 radical (unpaired) electrons. The molecule has 0 saturated carbocycles. The molecule has 2 aromatic rings. The summed E-state index contributed by atoms with van der Waals surface area (Å²) >= 11 is 0. The Bertz CT molecular complexity index is 697. The second-order valence-electron chi connectivity index (χ2n) is 7.26. The third kappa shape index (κ3) is 5.61. The van der Waals surface area contributed by atoms with E-state index in [0.29, 0.717) is 5.92 Å². The molecule has 0 aliphatic carbocycles. The van der Waals surface area contributed by atoms with Gasteiger partial charge in [0, 0.05) is 19.2 Å².